The van der Waals surface area contributed by atoms with Crippen molar-refractivity contribution in [1.29, 1.82) is 0 Å². The minimum absolute atomic E-state index is 0.0515. The third-order valence-electron chi connectivity index (χ3n) is 4.89. The Morgan fingerprint density at radius 3 is 2.20 bits per heavy atom. The quantitative estimate of drug-likeness (QED) is 0.538. The number of fused-ring (bicyclic) bond motifs is 5. The predicted octanol–water partition coefficient (Wildman–Crippen LogP) is 2.36. The highest BCUT2D eigenvalue weighted by Gasteiger charge is 2.66. The average Bonchev–Trinajstić information content (AvgIpc) is 3.05. The number of hydrogen-bond donors (Lipinski definition) is 0. The molecular weight excluding hydrogens is 388 g/mol. The van der Waals surface area contributed by atoms with Gasteiger partial charge in [0.2, 0.25) is 11.8 Å². The van der Waals surface area contributed by atoms with Crippen LogP contribution in [-0.4, -0.2) is 26.5 Å². The molecule has 6 heteroatoms. The summed E-state index contributed by atoms with van der Waals surface area (Å²) in [4.78, 5) is 31.3. The summed E-state index contributed by atoms with van der Waals surface area (Å²) < 4.78 is 0. The molecule has 1 aliphatic heterocycles. The molecule has 2 heterocycles. The first kappa shape index (κ1) is 13.0. The molecule has 1 aromatic heterocycles. The van der Waals surface area contributed by atoms with Crippen molar-refractivity contribution in [3.05, 3.63) is 24.5 Å². The molecule has 0 aromatic carbocycles. The number of rotatable bonds is 1. The molecule has 4 nitrogen and oxygen atoms in total. The molecular formula is C14H12Br2N2O2. The third kappa shape index (κ3) is 1.49. The molecule has 104 valence electrons. The third-order valence-corrected chi connectivity index (χ3v) is 8.10. The molecule has 0 N–H and O–H groups in total. The van der Waals surface area contributed by atoms with Crippen LogP contribution in [0.5, 0.6) is 0 Å². The SMILES string of the molecule is O=C1[C@H]2[C@@H]3C[C@@H]([C@@H](Br)[C@H]3Br)[C@@H]2C(=O)N1c1cccnc1. The molecule has 20 heavy (non-hydrogen) atoms. The Labute approximate surface area is 133 Å². The van der Waals surface area contributed by atoms with Gasteiger partial charge in [-0.1, -0.05) is 31.9 Å². The normalized spacial score (nSPS) is 42.4. The first-order valence-electron chi connectivity index (χ1n) is 6.67. The van der Waals surface area contributed by atoms with Crippen LogP contribution in [0.15, 0.2) is 24.5 Å². The van der Waals surface area contributed by atoms with Crippen LogP contribution in [0.4, 0.5) is 5.69 Å². The zero-order valence-corrected chi connectivity index (χ0v) is 13.6. The lowest BCUT2D eigenvalue weighted by atomic mass is 9.81. The van der Waals surface area contributed by atoms with Crippen LogP contribution < -0.4 is 4.90 Å². The van der Waals surface area contributed by atoms with E-state index >= 15 is 0 Å². The molecule has 2 bridgehead atoms. The molecule has 6 atom stereocenters. The van der Waals surface area contributed by atoms with Gasteiger partial charge in [-0.15, -0.1) is 0 Å². The van der Waals surface area contributed by atoms with Gasteiger partial charge in [0.25, 0.3) is 0 Å². The number of nitrogens with zero attached hydrogens (tertiary/aromatic N) is 2. The first-order chi connectivity index (χ1) is 9.61. The number of anilines is 1. The summed E-state index contributed by atoms with van der Waals surface area (Å²) >= 11 is 7.36. The molecule has 0 unspecified atom stereocenters. The van der Waals surface area contributed by atoms with Gasteiger partial charge in [-0.3, -0.25) is 14.6 Å². The number of imide groups is 1. The van der Waals surface area contributed by atoms with Crippen LogP contribution in [0.2, 0.25) is 0 Å². The van der Waals surface area contributed by atoms with E-state index in [0.29, 0.717) is 5.69 Å². The molecule has 4 rings (SSSR count). The monoisotopic (exact) mass is 398 g/mol. The zero-order valence-electron chi connectivity index (χ0n) is 10.4. The van der Waals surface area contributed by atoms with E-state index in [1.54, 1.807) is 24.5 Å². The molecule has 1 saturated heterocycles. The Hall–Kier alpha value is -0.750. The fourth-order valence-electron chi connectivity index (χ4n) is 4.09. The van der Waals surface area contributed by atoms with Gasteiger partial charge in [0.1, 0.15) is 0 Å². The lowest BCUT2D eigenvalue weighted by Gasteiger charge is -2.28. The van der Waals surface area contributed by atoms with Crippen LogP contribution in [0, 0.1) is 23.7 Å². The van der Waals surface area contributed by atoms with E-state index in [9.17, 15) is 9.59 Å². The van der Waals surface area contributed by atoms with Crippen molar-refractivity contribution >= 4 is 49.4 Å². The number of amides is 2. The highest BCUT2D eigenvalue weighted by atomic mass is 79.9. The molecule has 3 fully saturated rings. The summed E-state index contributed by atoms with van der Waals surface area (Å²) in [5.41, 5.74) is 0.591. The van der Waals surface area contributed by atoms with E-state index in [0.717, 1.165) is 6.42 Å². The Morgan fingerprint density at radius 1 is 1.10 bits per heavy atom. The number of aromatic nitrogens is 1. The van der Waals surface area contributed by atoms with Crippen molar-refractivity contribution in [2.75, 3.05) is 4.90 Å². The molecule has 0 radical (unpaired) electrons. The summed E-state index contributed by atoms with van der Waals surface area (Å²) in [6.07, 6.45) is 4.18. The Kier molecular flexibility index (Phi) is 2.83. The van der Waals surface area contributed by atoms with E-state index in [-0.39, 0.29) is 45.1 Å². The van der Waals surface area contributed by atoms with Gasteiger partial charge in [-0.25, -0.2) is 4.90 Å². The van der Waals surface area contributed by atoms with E-state index < -0.39 is 0 Å². The first-order valence-corrected chi connectivity index (χ1v) is 8.50. The average molecular weight is 400 g/mol. The van der Waals surface area contributed by atoms with E-state index in [4.69, 9.17) is 0 Å². The number of carbonyl (C=O) groups excluding carboxylic acids is 2. The Morgan fingerprint density at radius 2 is 1.70 bits per heavy atom. The number of carbonyl (C=O) groups is 2. The highest BCUT2D eigenvalue weighted by molar-refractivity contribution is 9.12. The minimum Gasteiger partial charge on any atom is -0.274 e. The van der Waals surface area contributed by atoms with Crippen molar-refractivity contribution in [3.8, 4) is 0 Å². The maximum Gasteiger partial charge on any atom is 0.238 e. The number of alkyl halides is 2. The molecule has 0 spiro atoms. The Balaban J connectivity index is 1.75. The van der Waals surface area contributed by atoms with Crippen molar-refractivity contribution in [3.63, 3.8) is 0 Å². The van der Waals surface area contributed by atoms with E-state index in [2.05, 4.69) is 36.8 Å². The van der Waals surface area contributed by atoms with Crippen molar-refractivity contribution in [2.45, 2.75) is 16.1 Å². The largest absolute Gasteiger partial charge is 0.274 e. The molecule has 2 saturated carbocycles. The van der Waals surface area contributed by atoms with Gasteiger partial charge in [0, 0.05) is 15.9 Å². The van der Waals surface area contributed by atoms with Crippen molar-refractivity contribution in [2.24, 2.45) is 23.7 Å². The second kappa shape index (κ2) is 4.37. The second-order valence-corrected chi connectivity index (χ2v) is 7.84. The smallest absolute Gasteiger partial charge is 0.238 e. The van der Waals surface area contributed by atoms with Crippen LogP contribution >= 0.6 is 31.9 Å². The standard InChI is InChI=1S/C14H12Br2N2O2/c15-11-7-4-8(12(11)16)10-9(7)13(19)18(14(10)20)6-2-1-3-17-5-6/h1-3,5,7-12H,4H2/t7-,8+,9-,10-,11-,12+/m0/s1. The summed E-state index contributed by atoms with van der Waals surface area (Å²) in [7, 11) is 0. The van der Waals surface area contributed by atoms with E-state index in [1.165, 1.54) is 4.90 Å². The predicted molar refractivity (Wildman–Crippen MR) is 80.7 cm³/mol. The molecule has 2 amide bonds. The van der Waals surface area contributed by atoms with Gasteiger partial charge in [0.15, 0.2) is 0 Å². The Bertz CT molecular complexity index is 562. The van der Waals surface area contributed by atoms with Crippen molar-refractivity contribution in [1.82, 2.24) is 4.98 Å². The van der Waals surface area contributed by atoms with E-state index in [1.807, 2.05) is 0 Å². The molecule has 3 aliphatic rings. The lowest BCUT2D eigenvalue weighted by molar-refractivity contribution is -0.123. The maximum absolute atomic E-state index is 12.7. The van der Waals surface area contributed by atoms with Gasteiger partial charge in [-0.2, -0.15) is 0 Å². The van der Waals surface area contributed by atoms with Gasteiger partial charge in [-0.05, 0) is 30.4 Å². The highest BCUT2D eigenvalue weighted by Crippen LogP contribution is 2.60. The summed E-state index contributed by atoms with van der Waals surface area (Å²) in [5, 5.41) is 0. The fraction of sp³-hybridized carbons (Fsp3) is 0.500. The summed E-state index contributed by atoms with van der Waals surface area (Å²) in [6.45, 7) is 0. The van der Waals surface area contributed by atoms with Crippen LogP contribution in [-0.2, 0) is 9.59 Å². The maximum atomic E-state index is 12.7. The summed E-state index contributed by atoms with van der Waals surface area (Å²) in [5.74, 6) is 0.0884. The topological polar surface area (TPSA) is 50.3 Å². The second-order valence-electron chi connectivity index (χ2n) is 5.73. The fourth-order valence-corrected chi connectivity index (χ4v) is 5.96. The van der Waals surface area contributed by atoms with Gasteiger partial charge in [0.05, 0.1) is 23.7 Å². The van der Waals surface area contributed by atoms with Crippen LogP contribution in [0.3, 0.4) is 0 Å². The number of halogens is 2. The molecule has 1 aromatic rings. The summed E-state index contributed by atoms with van der Waals surface area (Å²) in [6, 6.07) is 3.52. The van der Waals surface area contributed by atoms with Gasteiger partial charge >= 0.3 is 0 Å². The zero-order chi connectivity index (χ0) is 14.0. The van der Waals surface area contributed by atoms with Crippen molar-refractivity contribution < 1.29 is 9.59 Å². The minimum atomic E-state index is -0.161. The van der Waals surface area contributed by atoms with Crippen LogP contribution in [0.25, 0.3) is 0 Å². The molecule has 2 aliphatic carbocycles. The lowest BCUT2D eigenvalue weighted by Crippen LogP contribution is -2.37. The van der Waals surface area contributed by atoms with Gasteiger partial charge < -0.3 is 0 Å². The number of pyridine rings is 1. The number of hydrogen-bond acceptors (Lipinski definition) is 3. The van der Waals surface area contributed by atoms with Crippen LogP contribution in [0.1, 0.15) is 6.42 Å².